The SMILES string of the molecule is COc1ccc(NC(=O)[C@H]2CNC[C@@H]2c2cnn(C)c2)c(C(=O)NC2CC2)c1.Cl. The van der Waals surface area contributed by atoms with Crippen LogP contribution in [-0.2, 0) is 11.8 Å². The second-order valence-electron chi connectivity index (χ2n) is 7.47. The van der Waals surface area contributed by atoms with Crippen LogP contribution in [0.1, 0.15) is 34.7 Å². The number of methoxy groups -OCH3 is 1. The Hall–Kier alpha value is -2.58. The Morgan fingerprint density at radius 3 is 2.72 bits per heavy atom. The van der Waals surface area contributed by atoms with E-state index in [-0.39, 0.29) is 42.1 Å². The molecular weight excluding hydrogens is 394 g/mol. The Bertz CT molecular complexity index is 896. The van der Waals surface area contributed by atoms with Crippen LogP contribution in [0.15, 0.2) is 30.6 Å². The first-order valence-electron chi connectivity index (χ1n) is 9.54. The first-order chi connectivity index (χ1) is 13.5. The van der Waals surface area contributed by atoms with Crippen molar-refractivity contribution in [2.45, 2.75) is 24.8 Å². The average Bonchev–Trinajstić information content (AvgIpc) is 3.18. The van der Waals surface area contributed by atoms with Crippen LogP contribution in [0, 0.1) is 5.92 Å². The standard InChI is InChI=1S/C20H25N5O3.ClH/c1-25-11-12(8-22-25)16-9-21-10-17(16)20(27)24-18-6-5-14(28-2)7-15(18)19(26)23-13-3-4-13;/h5-8,11,13,16-17,21H,3-4,9-10H2,1-2H3,(H,23,26)(H,24,27);1H/t16-,17+;/m1./s1. The third-order valence-corrected chi connectivity index (χ3v) is 5.35. The fraction of sp³-hybridized carbons (Fsp3) is 0.450. The van der Waals surface area contributed by atoms with Crippen LogP contribution in [0.5, 0.6) is 5.75 Å². The second-order valence-corrected chi connectivity index (χ2v) is 7.47. The normalized spacial score (nSPS) is 20.6. The number of benzene rings is 1. The van der Waals surface area contributed by atoms with Crippen LogP contribution in [-0.4, -0.2) is 47.8 Å². The van der Waals surface area contributed by atoms with Crippen LogP contribution in [0.3, 0.4) is 0 Å². The predicted octanol–water partition coefficient (Wildman–Crippen LogP) is 1.68. The van der Waals surface area contributed by atoms with Crippen LogP contribution < -0.4 is 20.7 Å². The summed E-state index contributed by atoms with van der Waals surface area (Å²) >= 11 is 0. The number of nitrogens with one attached hydrogen (secondary N) is 3. The Labute approximate surface area is 175 Å². The molecule has 1 saturated heterocycles. The number of anilines is 1. The van der Waals surface area contributed by atoms with Crippen molar-refractivity contribution in [1.29, 1.82) is 0 Å². The summed E-state index contributed by atoms with van der Waals surface area (Å²) in [6, 6.07) is 5.37. The molecule has 0 bridgehead atoms. The van der Waals surface area contributed by atoms with Gasteiger partial charge in [0, 0.05) is 38.3 Å². The van der Waals surface area contributed by atoms with Gasteiger partial charge in [0.25, 0.3) is 5.91 Å². The van der Waals surface area contributed by atoms with E-state index >= 15 is 0 Å². The molecule has 1 aliphatic carbocycles. The van der Waals surface area contributed by atoms with Gasteiger partial charge in [-0.2, -0.15) is 5.10 Å². The van der Waals surface area contributed by atoms with E-state index in [4.69, 9.17) is 4.74 Å². The van der Waals surface area contributed by atoms with Gasteiger partial charge in [-0.1, -0.05) is 0 Å². The zero-order valence-electron chi connectivity index (χ0n) is 16.5. The summed E-state index contributed by atoms with van der Waals surface area (Å²) in [7, 11) is 3.42. The summed E-state index contributed by atoms with van der Waals surface area (Å²) in [6.07, 6.45) is 5.75. The van der Waals surface area contributed by atoms with Crippen molar-refractivity contribution >= 4 is 29.9 Å². The summed E-state index contributed by atoms with van der Waals surface area (Å²) in [5.74, 6) is 0.102. The number of rotatable bonds is 6. The molecule has 2 heterocycles. The van der Waals surface area contributed by atoms with E-state index in [0.29, 0.717) is 23.5 Å². The molecule has 156 valence electrons. The molecule has 0 spiro atoms. The van der Waals surface area contributed by atoms with E-state index in [1.807, 2.05) is 13.2 Å². The number of aryl methyl sites for hydroxylation is 1. The summed E-state index contributed by atoms with van der Waals surface area (Å²) < 4.78 is 6.99. The third kappa shape index (κ3) is 4.71. The molecule has 1 aliphatic heterocycles. The van der Waals surface area contributed by atoms with E-state index in [1.165, 1.54) is 0 Å². The van der Waals surface area contributed by atoms with Crippen molar-refractivity contribution in [3.63, 3.8) is 0 Å². The zero-order valence-corrected chi connectivity index (χ0v) is 17.3. The molecule has 1 saturated carbocycles. The molecule has 1 aromatic heterocycles. The highest BCUT2D eigenvalue weighted by atomic mass is 35.5. The van der Waals surface area contributed by atoms with E-state index in [0.717, 1.165) is 24.9 Å². The number of amides is 2. The number of hydrogen-bond acceptors (Lipinski definition) is 5. The molecule has 2 amide bonds. The van der Waals surface area contributed by atoms with Crippen molar-refractivity contribution < 1.29 is 14.3 Å². The van der Waals surface area contributed by atoms with Gasteiger partial charge < -0.3 is 20.7 Å². The maximum absolute atomic E-state index is 13.0. The molecule has 3 N–H and O–H groups in total. The number of hydrogen-bond donors (Lipinski definition) is 3. The number of ether oxygens (including phenoxy) is 1. The van der Waals surface area contributed by atoms with Crippen LogP contribution >= 0.6 is 12.4 Å². The Balaban J connectivity index is 0.00000240. The Morgan fingerprint density at radius 1 is 1.28 bits per heavy atom. The minimum atomic E-state index is -0.231. The topological polar surface area (TPSA) is 97.3 Å². The third-order valence-electron chi connectivity index (χ3n) is 5.35. The monoisotopic (exact) mass is 419 g/mol. The maximum atomic E-state index is 13.0. The van der Waals surface area contributed by atoms with Crippen molar-refractivity contribution in [1.82, 2.24) is 20.4 Å². The van der Waals surface area contributed by atoms with E-state index < -0.39 is 0 Å². The van der Waals surface area contributed by atoms with Gasteiger partial charge in [0.15, 0.2) is 0 Å². The molecule has 29 heavy (non-hydrogen) atoms. The van der Waals surface area contributed by atoms with Crippen molar-refractivity contribution in [3.8, 4) is 5.75 Å². The number of halogens is 1. The van der Waals surface area contributed by atoms with E-state index in [1.54, 1.807) is 36.2 Å². The number of carbonyl (C=O) groups excluding carboxylic acids is 2. The highest BCUT2D eigenvalue weighted by molar-refractivity contribution is 6.05. The predicted molar refractivity (Wildman–Crippen MR) is 112 cm³/mol. The maximum Gasteiger partial charge on any atom is 0.253 e. The fourth-order valence-electron chi connectivity index (χ4n) is 3.60. The lowest BCUT2D eigenvalue weighted by atomic mass is 9.90. The highest BCUT2D eigenvalue weighted by Crippen LogP contribution is 2.30. The minimum absolute atomic E-state index is 0. The van der Waals surface area contributed by atoms with Gasteiger partial charge in [-0.25, -0.2) is 0 Å². The van der Waals surface area contributed by atoms with Crippen molar-refractivity contribution in [2.75, 3.05) is 25.5 Å². The number of carbonyl (C=O) groups is 2. The molecule has 1 aromatic carbocycles. The lowest BCUT2D eigenvalue weighted by molar-refractivity contribution is -0.119. The first-order valence-corrected chi connectivity index (χ1v) is 9.54. The molecule has 8 nitrogen and oxygen atoms in total. The molecule has 2 atom stereocenters. The molecular formula is C20H26ClN5O3. The molecule has 2 aliphatic rings. The van der Waals surface area contributed by atoms with Gasteiger partial charge in [0.05, 0.1) is 30.5 Å². The quantitative estimate of drug-likeness (QED) is 0.662. The molecule has 2 aromatic rings. The number of nitrogens with zero attached hydrogens (tertiary/aromatic N) is 2. The van der Waals surface area contributed by atoms with Gasteiger partial charge in [-0.15, -0.1) is 12.4 Å². The highest BCUT2D eigenvalue weighted by Gasteiger charge is 2.35. The Morgan fingerprint density at radius 2 is 2.07 bits per heavy atom. The molecule has 0 unspecified atom stereocenters. The zero-order chi connectivity index (χ0) is 19.7. The Kier molecular flexibility index (Phi) is 6.44. The average molecular weight is 420 g/mol. The lowest BCUT2D eigenvalue weighted by Crippen LogP contribution is -2.30. The summed E-state index contributed by atoms with van der Waals surface area (Å²) in [5, 5.41) is 13.4. The second kappa shape index (κ2) is 8.84. The van der Waals surface area contributed by atoms with E-state index in [9.17, 15) is 9.59 Å². The summed E-state index contributed by atoms with van der Waals surface area (Å²) in [6.45, 7) is 1.31. The van der Waals surface area contributed by atoms with E-state index in [2.05, 4.69) is 21.0 Å². The van der Waals surface area contributed by atoms with Crippen LogP contribution in [0.25, 0.3) is 0 Å². The molecule has 0 radical (unpaired) electrons. The van der Waals surface area contributed by atoms with Crippen LogP contribution in [0.4, 0.5) is 5.69 Å². The molecule has 9 heteroatoms. The lowest BCUT2D eigenvalue weighted by Gasteiger charge is -2.19. The smallest absolute Gasteiger partial charge is 0.253 e. The minimum Gasteiger partial charge on any atom is -0.497 e. The van der Waals surface area contributed by atoms with Gasteiger partial charge in [0.2, 0.25) is 5.91 Å². The summed E-state index contributed by atoms with van der Waals surface area (Å²) in [5.41, 5.74) is 1.96. The molecule has 2 fully saturated rings. The number of aromatic nitrogens is 2. The largest absolute Gasteiger partial charge is 0.497 e. The molecule has 4 rings (SSSR count). The van der Waals surface area contributed by atoms with Crippen molar-refractivity contribution in [2.24, 2.45) is 13.0 Å². The van der Waals surface area contributed by atoms with Gasteiger partial charge in [-0.05, 0) is 36.6 Å². The summed E-state index contributed by atoms with van der Waals surface area (Å²) in [4.78, 5) is 25.7. The van der Waals surface area contributed by atoms with Crippen molar-refractivity contribution in [3.05, 3.63) is 41.7 Å². The van der Waals surface area contributed by atoms with Gasteiger partial charge >= 0.3 is 0 Å². The van der Waals surface area contributed by atoms with Crippen LogP contribution in [0.2, 0.25) is 0 Å². The first kappa shape index (κ1) is 21.1. The fourth-order valence-corrected chi connectivity index (χ4v) is 3.60. The van der Waals surface area contributed by atoms with Gasteiger partial charge in [-0.3, -0.25) is 14.3 Å². The van der Waals surface area contributed by atoms with Gasteiger partial charge in [0.1, 0.15) is 5.75 Å².